The summed E-state index contributed by atoms with van der Waals surface area (Å²) in [5.74, 6) is 1.49. The Labute approximate surface area is 122 Å². The van der Waals surface area contributed by atoms with E-state index in [9.17, 15) is 0 Å². The fraction of sp³-hybridized carbons (Fsp3) is 0.357. The molecule has 3 heterocycles. The summed E-state index contributed by atoms with van der Waals surface area (Å²) in [5.41, 5.74) is 4.06. The maximum atomic E-state index is 5.91. The number of hydrogen-bond donors (Lipinski definition) is 0. The Morgan fingerprint density at radius 2 is 2.20 bits per heavy atom. The van der Waals surface area contributed by atoms with Gasteiger partial charge < -0.3 is 0 Å². The summed E-state index contributed by atoms with van der Waals surface area (Å²) >= 11 is 5.91. The average Bonchev–Trinajstić information content (AvgIpc) is 2.98. The third-order valence-electron chi connectivity index (χ3n) is 3.30. The zero-order chi connectivity index (χ0) is 14.1. The fourth-order valence-electron chi connectivity index (χ4n) is 2.46. The van der Waals surface area contributed by atoms with Gasteiger partial charge in [-0.15, -0.1) is 11.6 Å². The summed E-state index contributed by atoms with van der Waals surface area (Å²) in [6, 6.07) is 1.98. The molecule has 0 fully saturated rings. The number of halogens is 1. The van der Waals surface area contributed by atoms with Gasteiger partial charge in [0.1, 0.15) is 11.3 Å². The molecule has 0 atom stereocenters. The van der Waals surface area contributed by atoms with Crippen molar-refractivity contribution in [1.29, 1.82) is 0 Å². The molecule has 0 aliphatic carbocycles. The van der Waals surface area contributed by atoms with Crippen molar-refractivity contribution < 1.29 is 0 Å². The summed E-state index contributed by atoms with van der Waals surface area (Å²) in [7, 11) is 1.94. The molecule has 0 saturated carbocycles. The number of aromatic nitrogens is 5. The Hall–Kier alpha value is -1.88. The Bertz CT molecular complexity index is 743. The van der Waals surface area contributed by atoms with Gasteiger partial charge in [-0.05, 0) is 12.5 Å². The summed E-state index contributed by atoms with van der Waals surface area (Å²) in [6.07, 6.45) is 7.19. The quantitative estimate of drug-likeness (QED) is 0.693. The zero-order valence-electron chi connectivity index (χ0n) is 11.5. The molecule has 0 amide bonds. The average molecular weight is 290 g/mol. The number of imidazole rings is 1. The van der Waals surface area contributed by atoms with Gasteiger partial charge in [-0.1, -0.05) is 6.92 Å². The van der Waals surface area contributed by atoms with Crippen LogP contribution in [0.5, 0.6) is 0 Å². The van der Waals surface area contributed by atoms with E-state index in [1.165, 1.54) is 0 Å². The number of pyridine rings is 1. The van der Waals surface area contributed by atoms with Crippen LogP contribution in [0.1, 0.15) is 18.4 Å². The lowest BCUT2D eigenvalue weighted by Gasteiger charge is -2.07. The predicted molar refractivity (Wildman–Crippen MR) is 79.4 cm³/mol. The number of nitrogens with zero attached hydrogens (tertiary/aromatic N) is 5. The van der Waals surface area contributed by atoms with Crippen LogP contribution in [0.3, 0.4) is 0 Å². The number of fused-ring (bicyclic) bond motifs is 1. The molecule has 0 aromatic carbocycles. The minimum Gasteiger partial charge on any atom is -0.293 e. The number of hydrogen-bond acceptors (Lipinski definition) is 3. The number of alkyl halides is 1. The minimum absolute atomic E-state index is 0.540. The van der Waals surface area contributed by atoms with E-state index >= 15 is 0 Å². The molecule has 0 radical (unpaired) electrons. The first-order valence-corrected chi connectivity index (χ1v) is 7.18. The van der Waals surface area contributed by atoms with E-state index in [-0.39, 0.29) is 0 Å². The highest BCUT2D eigenvalue weighted by molar-refractivity contribution is 6.17. The van der Waals surface area contributed by atoms with Crippen molar-refractivity contribution in [3.05, 3.63) is 36.2 Å². The molecule has 0 N–H and O–H groups in total. The van der Waals surface area contributed by atoms with Crippen LogP contribution < -0.4 is 0 Å². The van der Waals surface area contributed by atoms with E-state index in [0.717, 1.165) is 34.7 Å². The molecule has 104 valence electrons. The zero-order valence-corrected chi connectivity index (χ0v) is 12.3. The van der Waals surface area contributed by atoms with Gasteiger partial charge in [-0.3, -0.25) is 14.2 Å². The highest BCUT2D eigenvalue weighted by atomic mass is 35.5. The molecule has 3 aromatic rings. The van der Waals surface area contributed by atoms with Crippen molar-refractivity contribution in [2.45, 2.75) is 19.8 Å². The Balaban J connectivity index is 2.29. The Kier molecular flexibility index (Phi) is 3.44. The van der Waals surface area contributed by atoms with E-state index in [4.69, 9.17) is 11.6 Å². The lowest BCUT2D eigenvalue weighted by Crippen LogP contribution is -2.03. The van der Waals surface area contributed by atoms with E-state index in [0.29, 0.717) is 12.3 Å². The number of aryl methyl sites for hydroxylation is 3. The molecular formula is C14H16ClN5. The standard InChI is InChI=1S/C14H16ClN5/c1-3-10-13(9-19(2)18-10)20-12-5-7-16-8-11(12)17-14(20)4-6-15/h5,7-9H,3-4,6H2,1-2H3. The van der Waals surface area contributed by atoms with Crippen LogP contribution in [0.25, 0.3) is 16.7 Å². The smallest absolute Gasteiger partial charge is 0.115 e. The first kappa shape index (κ1) is 13.1. The molecule has 0 bridgehead atoms. The molecule has 3 rings (SSSR count). The van der Waals surface area contributed by atoms with E-state index < -0.39 is 0 Å². The van der Waals surface area contributed by atoms with Crippen molar-refractivity contribution >= 4 is 22.6 Å². The monoisotopic (exact) mass is 289 g/mol. The third-order valence-corrected chi connectivity index (χ3v) is 3.49. The predicted octanol–water partition coefficient (Wildman–Crippen LogP) is 2.50. The molecule has 6 heteroatoms. The van der Waals surface area contributed by atoms with Crippen LogP contribution >= 0.6 is 11.6 Å². The second kappa shape index (κ2) is 5.25. The van der Waals surface area contributed by atoms with Gasteiger partial charge in [-0.25, -0.2) is 4.98 Å². The first-order valence-electron chi connectivity index (χ1n) is 6.64. The van der Waals surface area contributed by atoms with Crippen LogP contribution in [0.2, 0.25) is 0 Å². The highest BCUT2D eigenvalue weighted by Crippen LogP contribution is 2.23. The molecule has 20 heavy (non-hydrogen) atoms. The summed E-state index contributed by atoms with van der Waals surface area (Å²) < 4.78 is 3.98. The molecule has 0 saturated heterocycles. The molecular weight excluding hydrogens is 274 g/mol. The maximum Gasteiger partial charge on any atom is 0.115 e. The molecule has 3 aromatic heterocycles. The van der Waals surface area contributed by atoms with Crippen molar-refractivity contribution in [3.63, 3.8) is 0 Å². The van der Waals surface area contributed by atoms with Crippen molar-refractivity contribution in [2.24, 2.45) is 7.05 Å². The van der Waals surface area contributed by atoms with Gasteiger partial charge in [0.25, 0.3) is 0 Å². The second-order valence-electron chi connectivity index (χ2n) is 4.66. The Morgan fingerprint density at radius 3 is 2.95 bits per heavy atom. The second-order valence-corrected chi connectivity index (χ2v) is 5.03. The van der Waals surface area contributed by atoms with Gasteiger partial charge in [0, 0.05) is 31.7 Å². The minimum atomic E-state index is 0.540. The molecule has 0 unspecified atom stereocenters. The normalized spacial score (nSPS) is 11.3. The molecule has 0 aliphatic heterocycles. The van der Waals surface area contributed by atoms with Gasteiger partial charge in [-0.2, -0.15) is 5.10 Å². The highest BCUT2D eigenvalue weighted by Gasteiger charge is 2.16. The van der Waals surface area contributed by atoms with Gasteiger partial charge >= 0.3 is 0 Å². The topological polar surface area (TPSA) is 48.5 Å². The lowest BCUT2D eigenvalue weighted by atomic mass is 10.3. The van der Waals surface area contributed by atoms with Gasteiger partial charge in [0.15, 0.2) is 0 Å². The summed E-state index contributed by atoms with van der Waals surface area (Å²) in [5, 5.41) is 4.51. The lowest BCUT2D eigenvalue weighted by molar-refractivity contribution is 0.746. The van der Waals surface area contributed by atoms with Gasteiger partial charge in [0.2, 0.25) is 0 Å². The SMILES string of the molecule is CCc1nn(C)cc1-n1c(CCCl)nc2cnccc21. The summed E-state index contributed by atoms with van der Waals surface area (Å²) in [6.45, 7) is 2.10. The van der Waals surface area contributed by atoms with Crippen LogP contribution in [-0.4, -0.2) is 30.2 Å². The Morgan fingerprint density at radius 1 is 1.35 bits per heavy atom. The third kappa shape index (κ3) is 2.08. The van der Waals surface area contributed by atoms with Crippen LogP contribution in [0.4, 0.5) is 0 Å². The largest absolute Gasteiger partial charge is 0.293 e. The fourth-order valence-corrected chi connectivity index (χ4v) is 2.63. The molecule has 0 spiro atoms. The molecule has 0 aliphatic rings. The van der Waals surface area contributed by atoms with Crippen LogP contribution in [0.15, 0.2) is 24.7 Å². The summed E-state index contributed by atoms with van der Waals surface area (Å²) in [4.78, 5) is 8.78. The van der Waals surface area contributed by atoms with Crippen molar-refractivity contribution in [3.8, 4) is 5.69 Å². The molecule has 5 nitrogen and oxygen atoms in total. The van der Waals surface area contributed by atoms with Crippen molar-refractivity contribution in [1.82, 2.24) is 24.3 Å². The van der Waals surface area contributed by atoms with Crippen LogP contribution in [-0.2, 0) is 19.9 Å². The van der Waals surface area contributed by atoms with E-state index in [1.54, 1.807) is 12.4 Å². The van der Waals surface area contributed by atoms with E-state index in [1.807, 2.05) is 24.0 Å². The van der Waals surface area contributed by atoms with E-state index in [2.05, 4.69) is 26.6 Å². The number of rotatable bonds is 4. The van der Waals surface area contributed by atoms with Crippen molar-refractivity contribution in [2.75, 3.05) is 5.88 Å². The van der Waals surface area contributed by atoms with Gasteiger partial charge in [0.05, 0.1) is 23.1 Å². The maximum absolute atomic E-state index is 5.91. The first-order chi connectivity index (χ1) is 9.74. The van der Waals surface area contributed by atoms with Crippen LogP contribution in [0, 0.1) is 0 Å².